The second kappa shape index (κ2) is 6.69. The third-order valence-electron chi connectivity index (χ3n) is 2.33. The molecule has 1 aromatic heterocycles. The van der Waals surface area contributed by atoms with Crippen LogP contribution in [0.25, 0.3) is 0 Å². The van der Waals surface area contributed by atoms with Crippen LogP contribution in [0, 0.1) is 25.2 Å². The zero-order chi connectivity index (χ0) is 12.7. The fourth-order valence-electron chi connectivity index (χ4n) is 1.51. The summed E-state index contributed by atoms with van der Waals surface area (Å²) in [5, 5.41) is 12.6. The molecule has 0 N–H and O–H groups in total. The molecule has 0 unspecified atom stereocenters. The maximum atomic E-state index is 11.4. The third-order valence-corrected chi connectivity index (χ3v) is 2.33. The van der Waals surface area contributed by atoms with Crippen LogP contribution in [-0.2, 0) is 16.1 Å². The van der Waals surface area contributed by atoms with Gasteiger partial charge in [0.1, 0.15) is 0 Å². The van der Waals surface area contributed by atoms with Gasteiger partial charge in [-0.15, -0.1) is 0 Å². The van der Waals surface area contributed by atoms with Crippen molar-refractivity contribution in [3.63, 3.8) is 0 Å². The van der Waals surface area contributed by atoms with Gasteiger partial charge in [0, 0.05) is 12.1 Å². The van der Waals surface area contributed by atoms with E-state index in [4.69, 9.17) is 10.00 Å². The Morgan fingerprint density at radius 2 is 2.35 bits per heavy atom. The minimum Gasteiger partial charge on any atom is -0.466 e. The van der Waals surface area contributed by atoms with Gasteiger partial charge in [-0.2, -0.15) is 10.4 Å². The number of ether oxygens (including phenoxy) is 1. The van der Waals surface area contributed by atoms with Crippen LogP contribution in [0.5, 0.6) is 0 Å². The van der Waals surface area contributed by atoms with E-state index in [9.17, 15) is 4.79 Å². The number of aromatic nitrogens is 2. The molecule has 0 amide bonds. The molecular formula is C12H17N3O2. The molecular weight excluding hydrogens is 218 g/mol. The number of aryl methyl sites for hydroxylation is 3. The Morgan fingerprint density at radius 3 is 2.94 bits per heavy atom. The maximum absolute atomic E-state index is 11.4. The molecule has 0 fully saturated rings. The van der Waals surface area contributed by atoms with Crippen LogP contribution < -0.4 is 0 Å². The predicted molar refractivity (Wildman–Crippen MR) is 62.1 cm³/mol. The first kappa shape index (κ1) is 13.2. The molecule has 0 aliphatic carbocycles. The summed E-state index contributed by atoms with van der Waals surface area (Å²) in [6.07, 6.45) is 1.33. The lowest BCUT2D eigenvalue weighted by atomic mass is 10.3. The smallest absolute Gasteiger partial charge is 0.307 e. The van der Waals surface area contributed by atoms with Gasteiger partial charge in [0.15, 0.2) is 0 Å². The van der Waals surface area contributed by atoms with Crippen molar-refractivity contribution in [3.05, 3.63) is 17.5 Å². The molecule has 1 aromatic rings. The van der Waals surface area contributed by atoms with E-state index in [0.717, 1.165) is 11.4 Å². The van der Waals surface area contributed by atoms with E-state index < -0.39 is 0 Å². The maximum Gasteiger partial charge on any atom is 0.307 e. The molecule has 5 nitrogen and oxygen atoms in total. The van der Waals surface area contributed by atoms with Crippen molar-refractivity contribution in [1.82, 2.24) is 9.78 Å². The Bertz CT molecular complexity index is 418. The zero-order valence-corrected chi connectivity index (χ0v) is 10.3. The summed E-state index contributed by atoms with van der Waals surface area (Å²) < 4.78 is 6.78. The van der Waals surface area contributed by atoms with Crippen LogP contribution in [0.2, 0.25) is 0 Å². The first-order valence-electron chi connectivity index (χ1n) is 5.67. The SMILES string of the molecule is Cc1cc(C)n(CCC(=O)OCCCC#N)n1. The molecule has 1 rings (SSSR count). The van der Waals surface area contributed by atoms with Gasteiger partial charge in [-0.3, -0.25) is 9.48 Å². The van der Waals surface area contributed by atoms with Crippen molar-refractivity contribution >= 4 is 5.97 Å². The Morgan fingerprint density at radius 1 is 1.59 bits per heavy atom. The second-order valence-electron chi connectivity index (χ2n) is 3.88. The number of rotatable bonds is 6. The summed E-state index contributed by atoms with van der Waals surface area (Å²) in [6.45, 7) is 4.74. The van der Waals surface area contributed by atoms with Gasteiger partial charge in [0.05, 0.1) is 31.3 Å². The van der Waals surface area contributed by atoms with Crippen molar-refractivity contribution in [1.29, 1.82) is 5.26 Å². The van der Waals surface area contributed by atoms with Crippen molar-refractivity contribution in [2.45, 2.75) is 39.7 Å². The minimum atomic E-state index is -0.240. The summed E-state index contributed by atoms with van der Waals surface area (Å²) in [6, 6.07) is 3.97. The van der Waals surface area contributed by atoms with Gasteiger partial charge in [0.2, 0.25) is 0 Å². The topological polar surface area (TPSA) is 67.9 Å². The van der Waals surface area contributed by atoms with Crippen LogP contribution in [0.1, 0.15) is 30.7 Å². The molecule has 5 heteroatoms. The Labute approximate surface area is 101 Å². The predicted octanol–water partition coefficient (Wildman–Crippen LogP) is 1.74. The Hall–Kier alpha value is -1.83. The number of esters is 1. The standard InChI is InChI=1S/C12H17N3O2/c1-10-9-11(2)15(14-10)7-5-12(16)17-8-4-3-6-13/h9H,3-5,7-8H2,1-2H3. The number of carbonyl (C=O) groups excluding carboxylic acids is 1. The average molecular weight is 235 g/mol. The van der Waals surface area contributed by atoms with E-state index in [1.165, 1.54) is 0 Å². The monoisotopic (exact) mass is 235 g/mol. The molecule has 0 saturated heterocycles. The van der Waals surface area contributed by atoms with Crippen LogP contribution in [0.3, 0.4) is 0 Å². The molecule has 0 aromatic carbocycles. The van der Waals surface area contributed by atoms with E-state index in [1.54, 1.807) is 4.68 Å². The van der Waals surface area contributed by atoms with E-state index in [1.807, 2.05) is 26.0 Å². The van der Waals surface area contributed by atoms with Crippen molar-refractivity contribution < 1.29 is 9.53 Å². The lowest BCUT2D eigenvalue weighted by Gasteiger charge is -2.05. The highest BCUT2D eigenvalue weighted by Crippen LogP contribution is 2.03. The zero-order valence-electron chi connectivity index (χ0n) is 10.3. The lowest BCUT2D eigenvalue weighted by molar-refractivity contribution is -0.144. The van der Waals surface area contributed by atoms with Gasteiger partial charge >= 0.3 is 5.97 Å². The van der Waals surface area contributed by atoms with Crippen molar-refractivity contribution in [3.8, 4) is 6.07 Å². The normalized spacial score (nSPS) is 9.94. The molecule has 0 aliphatic heterocycles. The fourth-order valence-corrected chi connectivity index (χ4v) is 1.51. The third kappa shape index (κ3) is 4.68. The molecule has 92 valence electrons. The molecule has 0 radical (unpaired) electrons. The highest BCUT2D eigenvalue weighted by Gasteiger charge is 2.06. The number of carbonyl (C=O) groups is 1. The van der Waals surface area contributed by atoms with Gasteiger partial charge in [-0.1, -0.05) is 0 Å². The Kier molecular flexibility index (Phi) is 5.21. The second-order valence-corrected chi connectivity index (χ2v) is 3.88. The number of hydrogen-bond donors (Lipinski definition) is 0. The summed E-state index contributed by atoms with van der Waals surface area (Å²) in [5.41, 5.74) is 1.99. The molecule has 0 spiro atoms. The van der Waals surface area contributed by atoms with Gasteiger partial charge in [-0.05, 0) is 26.3 Å². The van der Waals surface area contributed by atoms with Crippen LogP contribution in [0.15, 0.2) is 6.07 Å². The van der Waals surface area contributed by atoms with Gasteiger partial charge in [0.25, 0.3) is 0 Å². The number of unbranched alkanes of at least 4 members (excludes halogenated alkanes) is 1. The van der Waals surface area contributed by atoms with Crippen molar-refractivity contribution in [2.24, 2.45) is 0 Å². The molecule has 0 aliphatic rings. The van der Waals surface area contributed by atoms with E-state index in [0.29, 0.717) is 32.4 Å². The van der Waals surface area contributed by atoms with Crippen LogP contribution in [-0.4, -0.2) is 22.4 Å². The quantitative estimate of drug-likeness (QED) is 0.556. The largest absolute Gasteiger partial charge is 0.466 e. The van der Waals surface area contributed by atoms with Crippen LogP contribution in [0.4, 0.5) is 0 Å². The number of nitrogens with zero attached hydrogens (tertiary/aromatic N) is 3. The van der Waals surface area contributed by atoms with Gasteiger partial charge < -0.3 is 4.74 Å². The van der Waals surface area contributed by atoms with Crippen molar-refractivity contribution in [2.75, 3.05) is 6.61 Å². The summed E-state index contributed by atoms with van der Waals surface area (Å²) >= 11 is 0. The van der Waals surface area contributed by atoms with E-state index >= 15 is 0 Å². The summed E-state index contributed by atoms with van der Waals surface area (Å²) in [5.74, 6) is -0.240. The lowest BCUT2D eigenvalue weighted by Crippen LogP contribution is -2.11. The summed E-state index contributed by atoms with van der Waals surface area (Å²) in [4.78, 5) is 11.4. The Balaban J connectivity index is 2.24. The fraction of sp³-hybridized carbons (Fsp3) is 0.583. The highest BCUT2D eigenvalue weighted by molar-refractivity contribution is 5.69. The molecule has 0 saturated carbocycles. The number of nitriles is 1. The molecule has 17 heavy (non-hydrogen) atoms. The molecule has 0 atom stereocenters. The van der Waals surface area contributed by atoms with Crippen LogP contribution >= 0.6 is 0 Å². The summed E-state index contributed by atoms with van der Waals surface area (Å²) in [7, 11) is 0. The number of hydrogen-bond acceptors (Lipinski definition) is 4. The highest BCUT2D eigenvalue weighted by atomic mass is 16.5. The van der Waals surface area contributed by atoms with E-state index in [2.05, 4.69) is 5.10 Å². The molecule has 1 heterocycles. The minimum absolute atomic E-state index is 0.240. The average Bonchev–Trinajstić information content (AvgIpc) is 2.61. The van der Waals surface area contributed by atoms with E-state index in [-0.39, 0.29) is 5.97 Å². The first-order valence-corrected chi connectivity index (χ1v) is 5.67. The first-order chi connectivity index (χ1) is 8.13. The van der Waals surface area contributed by atoms with Gasteiger partial charge in [-0.25, -0.2) is 0 Å². The molecule has 0 bridgehead atoms.